The van der Waals surface area contributed by atoms with Gasteiger partial charge < -0.3 is 10.1 Å². The van der Waals surface area contributed by atoms with Crippen molar-refractivity contribution in [2.24, 2.45) is 5.41 Å². The zero-order valence-electron chi connectivity index (χ0n) is 14.7. The van der Waals surface area contributed by atoms with E-state index < -0.39 is 0 Å². The van der Waals surface area contributed by atoms with E-state index in [1.165, 1.54) is 0 Å². The molecule has 1 aliphatic heterocycles. The number of nitrogens with zero attached hydrogens (tertiary/aromatic N) is 5. The van der Waals surface area contributed by atoms with Gasteiger partial charge in [0, 0.05) is 29.4 Å². The van der Waals surface area contributed by atoms with E-state index in [2.05, 4.69) is 20.4 Å². The summed E-state index contributed by atoms with van der Waals surface area (Å²) in [7, 11) is 0. The Morgan fingerprint density at radius 1 is 1.07 bits per heavy atom. The Morgan fingerprint density at radius 3 is 2.85 bits per heavy atom. The average molecular weight is 358 g/mol. The summed E-state index contributed by atoms with van der Waals surface area (Å²) in [6.45, 7) is 1.81. The first-order valence-electron chi connectivity index (χ1n) is 9.19. The third-order valence-electron chi connectivity index (χ3n) is 5.66. The molecule has 1 spiro atoms. The van der Waals surface area contributed by atoms with Crippen LogP contribution in [0, 0.1) is 5.41 Å². The Hall–Kier alpha value is -3.06. The second kappa shape index (κ2) is 5.47. The van der Waals surface area contributed by atoms with Crippen molar-refractivity contribution in [3.8, 4) is 11.3 Å². The first kappa shape index (κ1) is 15.0. The second-order valence-corrected chi connectivity index (χ2v) is 7.62. The Bertz CT molecular complexity index is 1160. The van der Waals surface area contributed by atoms with Gasteiger partial charge in [0.1, 0.15) is 0 Å². The van der Waals surface area contributed by atoms with Crippen LogP contribution in [0.3, 0.4) is 0 Å². The zero-order valence-corrected chi connectivity index (χ0v) is 14.7. The van der Waals surface area contributed by atoms with Gasteiger partial charge in [-0.3, -0.25) is 4.98 Å². The molecule has 1 saturated carbocycles. The van der Waals surface area contributed by atoms with Crippen LogP contribution >= 0.6 is 0 Å². The summed E-state index contributed by atoms with van der Waals surface area (Å²) in [5.74, 6) is 0.667. The van der Waals surface area contributed by atoms with Crippen molar-refractivity contribution >= 4 is 22.5 Å². The summed E-state index contributed by atoms with van der Waals surface area (Å²) < 4.78 is 7.20. The molecule has 6 rings (SSSR count). The van der Waals surface area contributed by atoms with Gasteiger partial charge in [-0.2, -0.15) is 0 Å². The number of aromatic nitrogens is 5. The Labute approximate surface area is 155 Å². The van der Waals surface area contributed by atoms with Crippen molar-refractivity contribution in [1.82, 2.24) is 24.6 Å². The minimum atomic E-state index is 0.430. The van der Waals surface area contributed by atoms with Crippen molar-refractivity contribution in [3.05, 3.63) is 48.9 Å². The molecule has 1 saturated heterocycles. The topological polar surface area (TPSA) is 77.2 Å². The molecule has 7 nitrogen and oxygen atoms in total. The Balaban J connectivity index is 1.29. The van der Waals surface area contributed by atoms with Crippen LogP contribution in [-0.2, 0) is 4.74 Å². The third kappa shape index (κ3) is 2.39. The molecule has 4 aromatic rings. The van der Waals surface area contributed by atoms with Crippen LogP contribution in [0.4, 0.5) is 5.95 Å². The van der Waals surface area contributed by atoms with Crippen LogP contribution in [0.25, 0.3) is 27.8 Å². The van der Waals surface area contributed by atoms with E-state index >= 15 is 0 Å². The molecular weight excluding hydrogens is 340 g/mol. The highest BCUT2D eigenvalue weighted by Gasteiger charge is 2.49. The fraction of sp³-hybridized carbons (Fsp3) is 0.300. The van der Waals surface area contributed by atoms with Crippen LogP contribution in [0.15, 0.2) is 48.9 Å². The van der Waals surface area contributed by atoms with Gasteiger partial charge in [-0.05, 0) is 43.2 Å². The number of nitrogens with one attached hydrogen (secondary N) is 1. The van der Waals surface area contributed by atoms with Gasteiger partial charge in [-0.25, -0.2) is 14.5 Å². The van der Waals surface area contributed by atoms with Crippen LogP contribution in [0.2, 0.25) is 0 Å². The average Bonchev–Trinajstić information content (AvgIpc) is 3.05. The molecule has 7 heteroatoms. The molecule has 2 aliphatic rings. The number of fused-ring (bicyclic) bond motifs is 2. The summed E-state index contributed by atoms with van der Waals surface area (Å²) in [5, 5.41) is 8.06. The smallest absolute Gasteiger partial charge is 0.241 e. The molecule has 27 heavy (non-hydrogen) atoms. The van der Waals surface area contributed by atoms with Crippen molar-refractivity contribution in [2.75, 3.05) is 18.5 Å². The third-order valence-corrected chi connectivity index (χ3v) is 5.66. The molecule has 134 valence electrons. The predicted octanol–water partition coefficient (Wildman–Crippen LogP) is 2.93. The standard InChI is InChI=1S/C20H18N6O/c1-2-17-16(21-6-1)4-3-15(24-17)14-5-7-26-18(14)10-22-19(25-26)23-13-8-20(9-13)11-27-12-20/h1-7,10,13H,8-9,11-12H2,(H,23,25). The second-order valence-electron chi connectivity index (χ2n) is 7.62. The van der Waals surface area contributed by atoms with E-state index in [9.17, 15) is 0 Å². The van der Waals surface area contributed by atoms with E-state index in [0.717, 1.165) is 53.9 Å². The van der Waals surface area contributed by atoms with Crippen LogP contribution in [0.1, 0.15) is 12.8 Å². The maximum absolute atomic E-state index is 5.33. The molecule has 0 radical (unpaired) electrons. The van der Waals surface area contributed by atoms with Crippen LogP contribution < -0.4 is 5.32 Å². The zero-order chi connectivity index (χ0) is 17.8. The van der Waals surface area contributed by atoms with E-state index in [-0.39, 0.29) is 0 Å². The molecule has 0 amide bonds. The molecular formula is C20H18N6O. The maximum atomic E-state index is 5.33. The van der Waals surface area contributed by atoms with E-state index in [4.69, 9.17) is 9.72 Å². The number of anilines is 1. The molecule has 0 unspecified atom stereocenters. The fourth-order valence-electron chi connectivity index (χ4n) is 4.19. The maximum Gasteiger partial charge on any atom is 0.241 e. The van der Waals surface area contributed by atoms with Gasteiger partial charge >= 0.3 is 0 Å². The largest absolute Gasteiger partial charge is 0.380 e. The van der Waals surface area contributed by atoms with Gasteiger partial charge in [0.25, 0.3) is 0 Å². The number of hydrogen-bond acceptors (Lipinski definition) is 6. The SMILES string of the molecule is c1cnc2ccc(-c3ccn4nc(NC5CC6(COC6)C5)ncc34)nc2c1. The quantitative estimate of drug-likeness (QED) is 0.607. The lowest BCUT2D eigenvalue weighted by Crippen LogP contribution is -2.56. The summed E-state index contributed by atoms with van der Waals surface area (Å²) in [6, 6.07) is 10.3. The number of ether oxygens (including phenoxy) is 1. The summed E-state index contributed by atoms with van der Waals surface area (Å²) in [6.07, 6.45) is 7.87. The molecule has 0 bridgehead atoms. The molecule has 4 aromatic heterocycles. The van der Waals surface area contributed by atoms with Gasteiger partial charge in [-0.1, -0.05) is 0 Å². The van der Waals surface area contributed by atoms with Crippen LogP contribution in [-0.4, -0.2) is 43.8 Å². The molecule has 5 heterocycles. The molecule has 0 aromatic carbocycles. The normalized spacial score (nSPS) is 18.5. The van der Waals surface area contributed by atoms with Crippen molar-refractivity contribution in [2.45, 2.75) is 18.9 Å². The van der Waals surface area contributed by atoms with E-state index in [1.54, 1.807) is 6.20 Å². The van der Waals surface area contributed by atoms with Gasteiger partial charge in [-0.15, -0.1) is 5.10 Å². The van der Waals surface area contributed by atoms with Crippen molar-refractivity contribution < 1.29 is 4.74 Å². The van der Waals surface area contributed by atoms with Crippen LogP contribution in [0.5, 0.6) is 0 Å². The first-order chi connectivity index (χ1) is 13.3. The molecule has 1 N–H and O–H groups in total. The number of pyridine rings is 2. The Kier molecular flexibility index (Phi) is 3.05. The monoisotopic (exact) mass is 358 g/mol. The van der Waals surface area contributed by atoms with Crippen molar-refractivity contribution in [3.63, 3.8) is 0 Å². The number of rotatable bonds is 3. The fourth-order valence-corrected chi connectivity index (χ4v) is 4.19. The summed E-state index contributed by atoms with van der Waals surface area (Å²) >= 11 is 0. The minimum absolute atomic E-state index is 0.430. The summed E-state index contributed by atoms with van der Waals surface area (Å²) in [4.78, 5) is 13.6. The van der Waals surface area contributed by atoms with Gasteiger partial charge in [0.05, 0.1) is 41.7 Å². The lowest BCUT2D eigenvalue weighted by molar-refractivity contribution is -0.160. The van der Waals surface area contributed by atoms with E-state index in [1.807, 2.05) is 47.2 Å². The van der Waals surface area contributed by atoms with Gasteiger partial charge in [0.2, 0.25) is 5.95 Å². The first-order valence-corrected chi connectivity index (χ1v) is 9.19. The minimum Gasteiger partial charge on any atom is -0.380 e. The molecule has 1 aliphatic carbocycles. The highest BCUT2D eigenvalue weighted by molar-refractivity contribution is 5.83. The lowest BCUT2D eigenvalue weighted by Gasteiger charge is -2.53. The highest BCUT2D eigenvalue weighted by Crippen LogP contribution is 2.47. The lowest BCUT2D eigenvalue weighted by atomic mass is 9.64. The van der Waals surface area contributed by atoms with Crippen molar-refractivity contribution in [1.29, 1.82) is 0 Å². The number of hydrogen-bond donors (Lipinski definition) is 1. The summed E-state index contributed by atoms with van der Waals surface area (Å²) in [5.41, 5.74) is 5.05. The van der Waals surface area contributed by atoms with Gasteiger partial charge in [0.15, 0.2) is 0 Å². The molecule has 2 fully saturated rings. The highest BCUT2D eigenvalue weighted by atomic mass is 16.5. The van der Waals surface area contributed by atoms with E-state index in [0.29, 0.717) is 17.4 Å². The molecule has 0 atom stereocenters. The predicted molar refractivity (Wildman–Crippen MR) is 101 cm³/mol. The Morgan fingerprint density at radius 2 is 2.00 bits per heavy atom.